The molecule has 6 nitrogen and oxygen atoms in total. The van der Waals surface area contributed by atoms with E-state index < -0.39 is 0 Å². The van der Waals surface area contributed by atoms with Gasteiger partial charge in [0, 0.05) is 35.9 Å². The molecule has 0 spiro atoms. The summed E-state index contributed by atoms with van der Waals surface area (Å²) >= 11 is 5.97. The number of hydrogen-bond acceptors (Lipinski definition) is 5. The fourth-order valence-corrected chi connectivity index (χ4v) is 2.09. The Balaban J connectivity index is 1.80. The molecule has 2 N–H and O–H groups in total. The smallest absolute Gasteiger partial charge is 0.162 e. The van der Waals surface area contributed by atoms with E-state index in [2.05, 4.69) is 15.6 Å². The van der Waals surface area contributed by atoms with Crippen LogP contribution in [0.1, 0.15) is 12.0 Å². The molecular weight excluding hydrogens is 280 g/mol. The van der Waals surface area contributed by atoms with Gasteiger partial charge in [-0.15, -0.1) is 5.10 Å². The minimum absolute atomic E-state index is 0.126. The largest absolute Gasteiger partial charge is 0.504 e. The van der Waals surface area contributed by atoms with E-state index in [1.807, 2.05) is 6.20 Å². The molecule has 0 aliphatic carbocycles. The number of ether oxygens (including phenoxy) is 1. The summed E-state index contributed by atoms with van der Waals surface area (Å²) in [5.41, 5.74) is 0.718. The number of benzene rings is 1. The zero-order valence-electron chi connectivity index (χ0n) is 11.2. The molecule has 0 saturated heterocycles. The molecule has 0 saturated carbocycles. The summed E-state index contributed by atoms with van der Waals surface area (Å²) < 4.78 is 6.84. The van der Waals surface area contributed by atoms with Gasteiger partial charge in [-0.3, -0.25) is 4.68 Å². The van der Waals surface area contributed by atoms with Crippen molar-refractivity contribution in [2.24, 2.45) is 0 Å². The van der Waals surface area contributed by atoms with Gasteiger partial charge < -0.3 is 15.2 Å². The molecule has 1 heterocycles. The first-order valence-electron chi connectivity index (χ1n) is 6.31. The van der Waals surface area contributed by atoms with Crippen molar-refractivity contribution < 1.29 is 9.84 Å². The van der Waals surface area contributed by atoms with Crippen LogP contribution in [-0.2, 0) is 13.1 Å². The van der Waals surface area contributed by atoms with Gasteiger partial charge in [0.15, 0.2) is 11.5 Å². The van der Waals surface area contributed by atoms with Crippen molar-refractivity contribution in [3.05, 3.63) is 35.1 Å². The molecule has 7 heteroatoms. The molecule has 0 bridgehead atoms. The first-order chi connectivity index (χ1) is 9.70. The highest BCUT2D eigenvalue weighted by molar-refractivity contribution is 6.30. The van der Waals surface area contributed by atoms with Crippen LogP contribution in [0.25, 0.3) is 0 Å². The van der Waals surface area contributed by atoms with E-state index in [0.29, 0.717) is 17.3 Å². The number of phenols is 1. The quantitative estimate of drug-likeness (QED) is 0.763. The maximum Gasteiger partial charge on any atom is 0.162 e. The summed E-state index contributed by atoms with van der Waals surface area (Å²) in [6, 6.07) is 3.31. The molecule has 2 rings (SSSR count). The van der Waals surface area contributed by atoms with Gasteiger partial charge in [-0.25, -0.2) is 0 Å². The zero-order chi connectivity index (χ0) is 14.4. The van der Waals surface area contributed by atoms with Gasteiger partial charge in [-0.1, -0.05) is 16.8 Å². The third-order valence-corrected chi connectivity index (χ3v) is 3.08. The maximum absolute atomic E-state index is 9.97. The van der Waals surface area contributed by atoms with Crippen LogP contribution < -0.4 is 10.1 Å². The third kappa shape index (κ3) is 3.85. The lowest BCUT2D eigenvalue weighted by atomic mass is 10.2. The number of aryl methyl sites for hydroxylation is 1. The molecule has 108 valence electrons. The van der Waals surface area contributed by atoms with E-state index in [-0.39, 0.29) is 5.75 Å². The number of hydrogen-bond donors (Lipinski definition) is 2. The fraction of sp³-hybridized carbons (Fsp3) is 0.385. The Morgan fingerprint density at radius 3 is 3.00 bits per heavy atom. The van der Waals surface area contributed by atoms with Crippen molar-refractivity contribution in [1.82, 2.24) is 20.3 Å². The normalized spacial score (nSPS) is 10.7. The highest BCUT2D eigenvalue weighted by Crippen LogP contribution is 2.33. The average molecular weight is 297 g/mol. The Kier molecular flexibility index (Phi) is 5.20. The first-order valence-corrected chi connectivity index (χ1v) is 6.68. The monoisotopic (exact) mass is 296 g/mol. The number of methoxy groups -OCH3 is 1. The second kappa shape index (κ2) is 7.12. The van der Waals surface area contributed by atoms with Crippen LogP contribution >= 0.6 is 11.6 Å². The van der Waals surface area contributed by atoms with Gasteiger partial charge in [0.1, 0.15) is 0 Å². The van der Waals surface area contributed by atoms with E-state index in [1.54, 1.807) is 23.0 Å². The van der Waals surface area contributed by atoms with E-state index in [1.165, 1.54) is 7.11 Å². The Bertz CT molecular complexity index is 546. The summed E-state index contributed by atoms with van der Waals surface area (Å²) in [5, 5.41) is 21.4. The number of phenolic OH excluding ortho intramolecular Hbond substituents is 1. The standard InChI is InChI=1S/C13H17ClN4O2/c1-20-12-8-11(14)7-10(13(12)19)9-15-3-2-5-18-6-4-16-17-18/h4,6-8,15,19H,2-3,5,9H2,1H3. The number of nitrogens with one attached hydrogen (secondary N) is 1. The van der Waals surface area contributed by atoms with Crippen LogP contribution in [0.4, 0.5) is 0 Å². The summed E-state index contributed by atoms with van der Waals surface area (Å²) in [6.07, 6.45) is 4.40. The highest BCUT2D eigenvalue weighted by atomic mass is 35.5. The molecule has 0 amide bonds. The van der Waals surface area contributed by atoms with Crippen LogP contribution in [0.3, 0.4) is 0 Å². The van der Waals surface area contributed by atoms with Crippen LogP contribution in [0.2, 0.25) is 5.02 Å². The lowest BCUT2D eigenvalue weighted by molar-refractivity contribution is 0.369. The van der Waals surface area contributed by atoms with Crippen molar-refractivity contribution in [3.8, 4) is 11.5 Å². The minimum Gasteiger partial charge on any atom is -0.504 e. The Morgan fingerprint density at radius 1 is 1.45 bits per heavy atom. The maximum atomic E-state index is 9.97. The summed E-state index contributed by atoms with van der Waals surface area (Å²) in [7, 11) is 1.50. The van der Waals surface area contributed by atoms with Crippen molar-refractivity contribution in [2.45, 2.75) is 19.5 Å². The van der Waals surface area contributed by atoms with Crippen molar-refractivity contribution in [3.63, 3.8) is 0 Å². The summed E-state index contributed by atoms with van der Waals surface area (Å²) in [5.74, 6) is 0.512. The lowest BCUT2D eigenvalue weighted by Crippen LogP contribution is -2.17. The Labute approximate surface area is 122 Å². The van der Waals surface area contributed by atoms with Gasteiger partial charge in [0.25, 0.3) is 0 Å². The molecule has 0 aliphatic rings. The fourth-order valence-electron chi connectivity index (χ4n) is 1.86. The molecule has 0 fully saturated rings. The highest BCUT2D eigenvalue weighted by Gasteiger charge is 2.09. The molecule has 0 unspecified atom stereocenters. The molecule has 1 aromatic carbocycles. The van der Waals surface area contributed by atoms with E-state index in [9.17, 15) is 5.11 Å². The van der Waals surface area contributed by atoms with Gasteiger partial charge in [0.05, 0.1) is 13.3 Å². The number of halogens is 1. The third-order valence-electron chi connectivity index (χ3n) is 2.87. The van der Waals surface area contributed by atoms with Crippen LogP contribution in [0, 0.1) is 0 Å². The lowest BCUT2D eigenvalue weighted by Gasteiger charge is -2.11. The molecule has 20 heavy (non-hydrogen) atoms. The Hall–Kier alpha value is -1.79. The molecule has 1 aromatic heterocycles. The van der Waals surface area contributed by atoms with Gasteiger partial charge in [-0.2, -0.15) is 0 Å². The van der Waals surface area contributed by atoms with Crippen LogP contribution in [0.5, 0.6) is 11.5 Å². The number of aromatic hydroxyl groups is 1. The predicted octanol–water partition coefficient (Wildman–Crippen LogP) is 1.83. The van der Waals surface area contributed by atoms with E-state index in [4.69, 9.17) is 16.3 Å². The minimum atomic E-state index is 0.126. The second-order valence-corrected chi connectivity index (χ2v) is 4.75. The van der Waals surface area contributed by atoms with E-state index >= 15 is 0 Å². The summed E-state index contributed by atoms with van der Waals surface area (Å²) in [4.78, 5) is 0. The number of nitrogens with zero attached hydrogens (tertiary/aromatic N) is 3. The first kappa shape index (κ1) is 14.6. The Morgan fingerprint density at radius 2 is 2.30 bits per heavy atom. The van der Waals surface area contributed by atoms with Gasteiger partial charge >= 0.3 is 0 Å². The van der Waals surface area contributed by atoms with Crippen molar-refractivity contribution in [1.29, 1.82) is 0 Å². The number of rotatable bonds is 7. The SMILES string of the molecule is COc1cc(Cl)cc(CNCCCn2ccnn2)c1O. The summed E-state index contributed by atoms with van der Waals surface area (Å²) in [6.45, 7) is 2.13. The molecule has 0 atom stereocenters. The molecule has 0 aliphatic heterocycles. The van der Waals surface area contributed by atoms with Gasteiger partial charge in [0.2, 0.25) is 0 Å². The number of aromatic nitrogens is 3. The van der Waals surface area contributed by atoms with Crippen LogP contribution in [0.15, 0.2) is 24.5 Å². The predicted molar refractivity (Wildman–Crippen MR) is 76.0 cm³/mol. The van der Waals surface area contributed by atoms with Crippen molar-refractivity contribution in [2.75, 3.05) is 13.7 Å². The second-order valence-electron chi connectivity index (χ2n) is 4.31. The zero-order valence-corrected chi connectivity index (χ0v) is 12.0. The van der Waals surface area contributed by atoms with E-state index in [0.717, 1.165) is 25.1 Å². The van der Waals surface area contributed by atoms with Crippen LogP contribution in [-0.4, -0.2) is 33.8 Å². The molecule has 2 aromatic rings. The molecular formula is C13H17ClN4O2. The van der Waals surface area contributed by atoms with Crippen molar-refractivity contribution >= 4 is 11.6 Å². The van der Waals surface area contributed by atoms with Gasteiger partial charge in [-0.05, 0) is 19.0 Å². The molecule has 0 radical (unpaired) electrons. The topological polar surface area (TPSA) is 72.2 Å². The average Bonchev–Trinajstić information content (AvgIpc) is 2.95.